The van der Waals surface area contributed by atoms with Gasteiger partial charge in [0.25, 0.3) is 5.97 Å². The van der Waals surface area contributed by atoms with Crippen molar-refractivity contribution < 1.29 is 53.2 Å². The van der Waals surface area contributed by atoms with Gasteiger partial charge in [-0.3, -0.25) is 4.79 Å². The van der Waals surface area contributed by atoms with E-state index in [4.69, 9.17) is 9.90 Å². The largest absolute Gasteiger partial charge is 0.481 e. The second kappa shape index (κ2) is 9.30. The Hall–Kier alpha value is 0.873. The molecule has 0 aliphatic rings. The zero-order valence-corrected chi connectivity index (χ0v) is 6.87. The van der Waals surface area contributed by atoms with Crippen molar-refractivity contribution in [1.29, 1.82) is 0 Å². The molecule has 4 heteroatoms. The average molecular weight is 206 g/mol. The van der Waals surface area contributed by atoms with Gasteiger partial charge in [-0.25, -0.2) is 0 Å². The smallest absolute Gasteiger partial charge is 0.300 e. The first-order chi connectivity index (χ1) is 1.73. The first-order valence-corrected chi connectivity index (χ1v) is 0.928. The third-order valence-electron chi connectivity index (χ3n) is 0. The monoisotopic (exact) mass is 205 g/mol. The molecule has 1 N–H and O–H groups in total. The number of rotatable bonds is 0. The van der Waals surface area contributed by atoms with Gasteiger partial charge in [0, 0.05) is 50.2 Å². The molecule has 0 rings (SSSR count). The standard InChI is InChI=1S/C2H4O2.Mn.Zr/c1-2(3)4;;/h1H3,(H,3,4);;. The Kier molecular flexibility index (Phi) is 24.5. The molecular formula is C2H4MnO2Zr. The molecule has 2 nitrogen and oxygen atoms in total. The Morgan fingerprint density at radius 1 is 1.67 bits per heavy atom. The van der Waals surface area contributed by atoms with E-state index in [1.165, 1.54) is 0 Å². The molecule has 35 valence electrons. The molecule has 0 saturated carbocycles. The molecule has 0 atom stereocenters. The van der Waals surface area contributed by atoms with Crippen molar-refractivity contribution in [3.8, 4) is 0 Å². The number of carboxylic acid groups (broad SMARTS) is 1. The fraction of sp³-hybridized carbons (Fsp3) is 0.500. The zero-order chi connectivity index (χ0) is 3.58. The Morgan fingerprint density at radius 3 is 1.67 bits per heavy atom. The van der Waals surface area contributed by atoms with Crippen molar-refractivity contribution in [3.63, 3.8) is 0 Å². The summed E-state index contributed by atoms with van der Waals surface area (Å²) in [5, 5.41) is 7.42. The van der Waals surface area contributed by atoms with Crippen molar-refractivity contribution in [2.45, 2.75) is 6.92 Å². The second-order valence-corrected chi connectivity index (χ2v) is 0.519. The van der Waals surface area contributed by atoms with Crippen molar-refractivity contribution in [1.82, 2.24) is 0 Å². The van der Waals surface area contributed by atoms with Crippen LogP contribution in [0.4, 0.5) is 0 Å². The van der Waals surface area contributed by atoms with E-state index in [-0.39, 0.29) is 43.3 Å². The number of carbonyl (C=O) groups is 1. The molecule has 0 aliphatic carbocycles. The van der Waals surface area contributed by atoms with Crippen molar-refractivity contribution in [3.05, 3.63) is 0 Å². The number of hydrogen-bond acceptors (Lipinski definition) is 1. The molecule has 0 fully saturated rings. The van der Waals surface area contributed by atoms with Gasteiger partial charge in [-0.15, -0.1) is 0 Å². The third kappa shape index (κ3) is 96.0. The van der Waals surface area contributed by atoms with Crippen LogP contribution < -0.4 is 0 Å². The minimum absolute atomic E-state index is 0. The number of aliphatic carboxylic acids is 1. The molecule has 0 spiro atoms. The summed E-state index contributed by atoms with van der Waals surface area (Å²) in [4.78, 5) is 9.00. The summed E-state index contributed by atoms with van der Waals surface area (Å²) in [5.41, 5.74) is 0. The van der Waals surface area contributed by atoms with Gasteiger partial charge in [-0.2, -0.15) is 0 Å². The molecule has 0 bridgehead atoms. The molecule has 0 amide bonds. The Bertz CT molecular complexity index is 34.5. The number of carboxylic acids is 1. The van der Waals surface area contributed by atoms with Crippen molar-refractivity contribution >= 4 is 5.97 Å². The van der Waals surface area contributed by atoms with Gasteiger partial charge in [0.05, 0.1) is 0 Å². The molecular weight excluding hydrogens is 202 g/mol. The fourth-order valence-electron chi connectivity index (χ4n) is 0. The van der Waals surface area contributed by atoms with E-state index in [1.807, 2.05) is 0 Å². The summed E-state index contributed by atoms with van der Waals surface area (Å²) >= 11 is 0. The van der Waals surface area contributed by atoms with Gasteiger partial charge in [-0.1, -0.05) is 0 Å². The summed E-state index contributed by atoms with van der Waals surface area (Å²) in [6.45, 7) is 1.08. The normalized spacial score (nSPS) is 4.17. The maximum atomic E-state index is 9.00. The predicted molar refractivity (Wildman–Crippen MR) is 13.3 cm³/mol. The molecule has 0 saturated heterocycles. The second-order valence-electron chi connectivity index (χ2n) is 0.519. The van der Waals surface area contributed by atoms with E-state index in [9.17, 15) is 0 Å². The van der Waals surface area contributed by atoms with Crippen LogP contribution in [0.1, 0.15) is 6.92 Å². The van der Waals surface area contributed by atoms with Crippen LogP contribution in [0.15, 0.2) is 0 Å². The third-order valence-corrected chi connectivity index (χ3v) is 0. The summed E-state index contributed by atoms with van der Waals surface area (Å²) < 4.78 is 0. The van der Waals surface area contributed by atoms with Gasteiger partial charge in [-0.05, 0) is 0 Å². The topological polar surface area (TPSA) is 37.3 Å². The van der Waals surface area contributed by atoms with Crippen LogP contribution in [0.2, 0.25) is 0 Å². The molecule has 0 aromatic carbocycles. The van der Waals surface area contributed by atoms with E-state index in [1.54, 1.807) is 0 Å². The molecule has 0 aromatic heterocycles. The van der Waals surface area contributed by atoms with Gasteiger partial charge >= 0.3 is 0 Å². The van der Waals surface area contributed by atoms with Crippen LogP contribution in [-0.2, 0) is 48.1 Å². The molecule has 1 radical (unpaired) electrons. The Labute approximate surface area is 65.9 Å². The molecule has 0 aliphatic heterocycles. The van der Waals surface area contributed by atoms with Gasteiger partial charge in [0.15, 0.2) is 0 Å². The average Bonchev–Trinajstić information content (AvgIpc) is 0.811. The molecule has 0 aromatic rings. The maximum absolute atomic E-state index is 9.00. The van der Waals surface area contributed by atoms with Gasteiger partial charge in [0.1, 0.15) is 0 Å². The van der Waals surface area contributed by atoms with E-state index < -0.39 is 5.97 Å². The van der Waals surface area contributed by atoms with Crippen LogP contribution in [0, 0.1) is 0 Å². The SMILES string of the molecule is CC(=O)O.[Mn].[Zr]. The predicted octanol–water partition coefficient (Wildman–Crippen LogP) is 0.0859. The van der Waals surface area contributed by atoms with Gasteiger partial charge < -0.3 is 5.11 Å². The summed E-state index contributed by atoms with van der Waals surface area (Å²) in [7, 11) is 0. The van der Waals surface area contributed by atoms with Crippen molar-refractivity contribution in [2.24, 2.45) is 0 Å². The zero-order valence-electron chi connectivity index (χ0n) is 3.23. The fourth-order valence-corrected chi connectivity index (χ4v) is 0. The van der Waals surface area contributed by atoms with Gasteiger partial charge in [0.2, 0.25) is 0 Å². The molecule has 0 unspecified atom stereocenters. The van der Waals surface area contributed by atoms with Crippen LogP contribution in [0.3, 0.4) is 0 Å². The summed E-state index contributed by atoms with van der Waals surface area (Å²) in [6.07, 6.45) is 0. The quantitative estimate of drug-likeness (QED) is 0.570. The van der Waals surface area contributed by atoms with Crippen LogP contribution in [0.5, 0.6) is 0 Å². The van der Waals surface area contributed by atoms with E-state index in [0.29, 0.717) is 0 Å². The minimum atomic E-state index is -0.833. The summed E-state index contributed by atoms with van der Waals surface area (Å²) in [5.74, 6) is -0.833. The van der Waals surface area contributed by atoms with E-state index >= 15 is 0 Å². The van der Waals surface area contributed by atoms with Crippen LogP contribution >= 0.6 is 0 Å². The van der Waals surface area contributed by atoms with Crippen LogP contribution in [0.25, 0.3) is 0 Å². The number of hydrogen-bond donors (Lipinski definition) is 1. The maximum Gasteiger partial charge on any atom is 0.300 e. The van der Waals surface area contributed by atoms with Crippen molar-refractivity contribution in [2.75, 3.05) is 0 Å². The first kappa shape index (κ1) is 15.8. The Morgan fingerprint density at radius 2 is 1.67 bits per heavy atom. The summed E-state index contributed by atoms with van der Waals surface area (Å²) in [6, 6.07) is 0. The van der Waals surface area contributed by atoms with E-state index in [2.05, 4.69) is 0 Å². The molecule has 0 heterocycles. The first-order valence-electron chi connectivity index (χ1n) is 0.928. The van der Waals surface area contributed by atoms with E-state index in [0.717, 1.165) is 6.92 Å². The molecule has 6 heavy (non-hydrogen) atoms. The van der Waals surface area contributed by atoms with Crippen LogP contribution in [-0.4, -0.2) is 11.1 Å². The Balaban J connectivity index is -0.0000000450. The minimum Gasteiger partial charge on any atom is -0.481 e.